The van der Waals surface area contributed by atoms with Crippen LogP contribution in [0, 0.1) is 0 Å². The molecule has 1 saturated heterocycles. The van der Waals surface area contributed by atoms with Crippen LogP contribution in [0.1, 0.15) is 18.9 Å². The molecular formula is C10H18N4OS. The standard InChI is InChI=1S/C10H18N4OS/c1-7-5-14(6-8(2)15-7)4-3-9-12-13-10(11)16-9/h7-8H,3-6H2,1-2H3,(H2,11,13). The molecule has 1 aliphatic rings. The van der Waals surface area contributed by atoms with Gasteiger partial charge in [-0.2, -0.15) is 0 Å². The summed E-state index contributed by atoms with van der Waals surface area (Å²) < 4.78 is 5.69. The lowest BCUT2D eigenvalue weighted by atomic mass is 10.2. The number of nitrogen functional groups attached to an aromatic ring is 1. The normalized spacial score (nSPS) is 27.1. The fraction of sp³-hybridized carbons (Fsp3) is 0.800. The van der Waals surface area contributed by atoms with Crippen LogP contribution < -0.4 is 5.73 Å². The van der Waals surface area contributed by atoms with Crippen molar-refractivity contribution in [3.63, 3.8) is 0 Å². The SMILES string of the molecule is CC1CN(CCc2nnc(N)s2)CC(C)O1. The zero-order valence-electron chi connectivity index (χ0n) is 9.72. The Morgan fingerprint density at radius 1 is 1.38 bits per heavy atom. The number of morpholine rings is 1. The van der Waals surface area contributed by atoms with E-state index in [9.17, 15) is 0 Å². The van der Waals surface area contributed by atoms with Crippen molar-refractivity contribution in [1.82, 2.24) is 15.1 Å². The maximum absolute atomic E-state index is 5.69. The molecule has 5 nitrogen and oxygen atoms in total. The van der Waals surface area contributed by atoms with E-state index in [0.717, 1.165) is 31.1 Å². The van der Waals surface area contributed by atoms with E-state index in [-0.39, 0.29) is 0 Å². The van der Waals surface area contributed by atoms with Crippen LogP contribution in [0.5, 0.6) is 0 Å². The highest BCUT2D eigenvalue weighted by molar-refractivity contribution is 7.15. The molecule has 0 spiro atoms. The van der Waals surface area contributed by atoms with Crippen LogP contribution in [0.3, 0.4) is 0 Å². The van der Waals surface area contributed by atoms with Gasteiger partial charge in [-0.1, -0.05) is 11.3 Å². The molecule has 1 aromatic rings. The number of hydrogen-bond acceptors (Lipinski definition) is 6. The summed E-state index contributed by atoms with van der Waals surface area (Å²) in [4.78, 5) is 2.41. The van der Waals surface area contributed by atoms with Crippen molar-refractivity contribution >= 4 is 16.5 Å². The lowest BCUT2D eigenvalue weighted by Gasteiger charge is -2.35. The van der Waals surface area contributed by atoms with E-state index in [1.165, 1.54) is 11.3 Å². The van der Waals surface area contributed by atoms with Crippen LogP contribution >= 0.6 is 11.3 Å². The Hall–Kier alpha value is -0.720. The van der Waals surface area contributed by atoms with Crippen molar-refractivity contribution in [2.45, 2.75) is 32.5 Å². The number of nitrogens with two attached hydrogens (primary N) is 1. The van der Waals surface area contributed by atoms with Gasteiger partial charge in [-0.15, -0.1) is 10.2 Å². The topological polar surface area (TPSA) is 64.3 Å². The molecule has 2 rings (SSSR count). The van der Waals surface area contributed by atoms with Crippen LogP contribution in [0.2, 0.25) is 0 Å². The van der Waals surface area contributed by atoms with E-state index in [0.29, 0.717) is 17.3 Å². The average Bonchev–Trinajstić information content (AvgIpc) is 2.60. The molecule has 16 heavy (non-hydrogen) atoms. The molecule has 0 bridgehead atoms. The second-order valence-electron chi connectivity index (χ2n) is 4.30. The third-order valence-corrected chi connectivity index (χ3v) is 3.43. The van der Waals surface area contributed by atoms with E-state index in [1.807, 2.05) is 0 Å². The first-order valence-electron chi connectivity index (χ1n) is 5.59. The monoisotopic (exact) mass is 242 g/mol. The molecule has 0 amide bonds. The Balaban J connectivity index is 1.81. The van der Waals surface area contributed by atoms with Gasteiger partial charge in [0.2, 0.25) is 5.13 Å². The van der Waals surface area contributed by atoms with Crippen molar-refractivity contribution in [1.29, 1.82) is 0 Å². The first-order chi connectivity index (χ1) is 7.63. The summed E-state index contributed by atoms with van der Waals surface area (Å²) in [6.45, 7) is 7.24. The van der Waals surface area contributed by atoms with Gasteiger partial charge in [0.15, 0.2) is 0 Å². The molecule has 0 aliphatic carbocycles. The highest BCUT2D eigenvalue weighted by Gasteiger charge is 2.21. The summed E-state index contributed by atoms with van der Waals surface area (Å²) in [5, 5.41) is 9.41. The molecule has 2 atom stereocenters. The number of aromatic nitrogens is 2. The molecule has 1 aromatic heterocycles. The second kappa shape index (κ2) is 5.07. The molecule has 0 aromatic carbocycles. The van der Waals surface area contributed by atoms with Gasteiger partial charge in [-0.3, -0.25) is 4.90 Å². The van der Waals surface area contributed by atoms with Crippen LogP contribution in [0.15, 0.2) is 0 Å². The molecule has 2 heterocycles. The van der Waals surface area contributed by atoms with Gasteiger partial charge in [0, 0.05) is 26.1 Å². The van der Waals surface area contributed by atoms with E-state index < -0.39 is 0 Å². The Labute approximate surface area is 99.6 Å². The molecule has 1 aliphatic heterocycles. The van der Waals surface area contributed by atoms with E-state index in [4.69, 9.17) is 10.5 Å². The highest BCUT2D eigenvalue weighted by Crippen LogP contribution is 2.14. The maximum atomic E-state index is 5.69. The number of hydrogen-bond donors (Lipinski definition) is 1. The summed E-state index contributed by atoms with van der Waals surface area (Å²) in [6, 6.07) is 0. The lowest BCUT2D eigenvalue weighted by molar-refractivity contribution is -0.0675. The van der Waals surface area contributed by atoms with Gasteiger partial charge < -0.3 is 10.5 Å². The summed E-state index contributed by atoms with van der Waals surface area (Å²) in [5.74, 6) is 0. The van der Waals surface area contributed by atoms with Crippen molar-refractivity contribution in [2.75, 3.05) is 25.4 Å². The average molecular weight is 242 g/mol. The lowest BCUT2D eigenvalue weighted by Crippen LogP contribution is -2.46. The third kappa shape index (κ3) is 3.13. The van der Waals surface area contributed by atoms with Gasteiger partial charge in [0.05, 0.1) is 12.2 Å². The molecule has 2 unspecified atom stereocenters. The third-order valence-electron chi connectivity index (χ3n) is 2.62. The first-order valence-corrected chi connectivity index (χ1v) is 6.41. The molecule has 2 N–H and O–H groups in total. The van der Waals surface area contributed by atoms with E-state index in [1.54, 1.807) is 0 Å². The first kappa shape index (κ1) is 11.8. The van der Waals surface area contributed by atoms with Crippen LogP contribution in [-0.2, 0) is 11.2 Å². The van der Waals surface area contributed by atoms with Gasteiger partial charge in [-0.05, 0) is 13.8 Å². The van der Waals surface area contributed by atoms with Gasteiger partial charge in [0.25, 0.3) is 0 Å². The summed E-state index contributed by atoms with van der Waals surface area (Å²) in [6.07, 6.45) is 1.57. The number of nitrogens with zero attached hydrogens (tertiary/aromatic N) is 3. The molecular weight excluding hydrogens is 224 g/mol. The fourth-order valence-electron chi connectivity index (χ4n) is 2.09. The van der Waals surface area contributed by atoms with Crippen molar-refractivity contribution < 1.29 is 4.74 Å². The Morgan fingerprint density at radius 3 is 2.62 bits per heavy atom. The predicted octanol–water partition coefficient (Wildman–Crippen LogP) is 0.772. The Morgan fingerprint density at radius 2 is 2.06 bits per heavy atom. The summed E-state index contributed by atoms with van der Waals surface area (Å²) in [5.41, 5.74) is 5.54. The predicted molar refractivity (Wildman–Crippen MR) is 64.5 cm³/mol. The Bertz CT molecular complexity index is 333. The molecule has 6 heteroatoms. The highest BCUT2D eigenvalue weighted by atomic mass is 32.1. The minimum absolute atomic E-state index is 0.322. The molecule has 0 radical (unpaired) electrons. The van der Waals surface area contributed by atoms with Crippen molar-refractivity contribution in [2.24, 2.45) is 0 Å². The molecule has 1 fully saturated rings. The zero-order chi connectivity index (χ0) is 11.5. The van der Waals surface area contributed by atoms with Crippen molar-refractivity contribution in [3.8, 4) is 0 Å². The van der Waals surface area contributed by atoms with Gasteiger partial charge in [0.1, 0.15) is 5.01 Å². The van der Waals surface area contributed by atoms with Gasteiger partial charge in [-0.25, -0.2) is 0 Å². The maximum Gasteiger partial charge on any atom is 0.203 e. The van der Waals surface area contributed by atoms with E-state index in [2.05, 4.69) is 28.9 Å². The van der Waals surface area contributed by atoms with Gasteiger partial charge >= 0.3 is 0 Å². The summed E-state index contributed by atoms with van der Waals surface area (Å²) >= 11 is 1.48. The van der Waals surface area contributed by atoms with Crippen LogP contribution in [0.4, 0.5) is 5.13 Å². The smallest absolute Gasteiger partial charge is 0.203 e. The van der Waals surface area contributed by atoms with Crippen LogP contribution in [0.25, 0.3) is 0 Å². The minimum atomic E-state index is 0.322. The molecule has 90 valence electrons. The largest absolute Gasteiger partial charge is 0.374 e. The number of rotatable bonds is 3. The van der Waals surface area contributed by atoms with Crippen LogP contribution in [-0.4, -0.2) is 46.9 Å². The fourth-order valence-corrected chi connectivity index (χ4v) is 2.69. The molecule has 0 saturated carbocycles. The summed E-state index contributed by atoms with van der Waals surface area (Å²) in [7, 11) is 0. The number of ether oxygens (including phenoxy) is 1. The van der Waals surface area contributed by atoms with Crippen molar-refractivity contribution in [3.05, 3.63) is 5.01 Å². The number of anilines is 1. The van der Waals surface area contributed by atoms with E-state index >= 15 is 0 Å². The Kier molecular flexibility index (Phi) is 3.73. The minimum Gasteiger partial charge on any atom is -0.374 e. The zero-order valence-corrected chi connectivity index (χ0v) is 10.5. The second-order valence-corrected chi connectivity index (χ2v) is 5.39. The quantitative estimate of drug-likeness (QED) is 0.848.